The van der Waals surface area contributed by atoms with E-state index < -0.39 is 0 Å². The van der Waals surface area contributed by atoms with Crippen LogP contribution in [0.25, 0.3) is 0 Å². The molecule has 0 fully saturated rings. The summed E-state index contributed by atoms with van der Waals surface area (Å²) in [6, 6.07) is 12.7. The van der Waals surface area contributed by atoms with Gasteiger partial charge in [-0.2, -0.15) is 0 Å². The molecule has 0 saturated heterocycles. The summed E-state index contributed by atoms with van der Waals surface area (Å²) in [5, 5.41) is 0.678. The summed E-state index contributed by atoms with van der Waals surface area (Å²) in [5.41, 5.74) is 0.479. The Hall–Kier alpha value is -1.65. The fourth-order valence-corrected chi connectivity index (χ4v) is 2.66. The zero-order chi connectivity index (χ0) is 14.5. The van der Waals surface area contributed by atoms with Gasteiger partial charge in [0.2, 0.25) is 0 Å². The first kappa shape index (κ1) is 14.8. The predicted octanol–water partition coefficient (Wildman–Crippen LogP) is 4.29. The van der Waals surface area contributed by atoms with Crippen LogP contribution in [0.5, 0.6) is 5.75 Å². The normalized spacial score (nSPS) is 10.2. The van der Waals surface area contributed by atoms with E-state index in [0.717, 1.165) is 9.79 Å². The fourth-order valence-electron chi connectivity index (χ4n) is 1.62. The molecule has 3 nitrogen and oxygen atoms in total. The van der Waals surface area contributed by atoms with E-state index in [1.54, 1.807) is 13.2 Å². The average molecular weight is 309 g/mol. The Labute approximate surface area is 126 Å². The minimum absolute atomic E-state index is 0.389. The van der Waals surface area contributed by atoms with Crippen molar-refractivity contribution in [1.29, 1.82) is 0 Å². The van der Waals surface area contributed by atoms with Crippen LogP contribution in [0, 0.1) is 0 Å². The molecule has 0 saturated carbocycles. The third kappa shape index (κ3) is 3.46. The number of hydrogen-bond donors (Lipinski definition) is 0. The summed E-state index contributed by atoms with van der Waals surface area (Å²) in [5.74, 6) is 0.228. The van der Waals surface area contributed by atoms with Crippen LogP contribution in [-0.4, -0.2) is 20.2 Å². The number of methoxy groups -OCH3 is 2. The summed E-state index contributed by atoms with van der Waals surface area (Å²) in [4.78, 5) is 13.6. The molecule has 20 heavy (non-hydrogen) atoms. The number of ether oxygens (including phenoxy) is 2. The van der Waals surface area contributed by atoms with Gasteiger partial charge in [-0.15, -0.1) is 0 Å². The average Bonchev–Trinajstić information content (AvgIpc) is 2.49. The lowest BCUT2D eigenvalue weighted by Crippen LogP contribution is -2.03. The topological polar surface area (TPSA) is 35.5 Å². The molecule has 0 heterocycles. The van der Waals surface area contributed by atoms with Gasteiger partial charge in [0.15, 0.2) is 0 Å². The van der Waals surface area contributed by atoms with Crippen LogP contribution in [0.1, 0.15) is 10.4 Å². The molecule has 0 aliphatic rings. The second kappa shape index (κ2) is 6.68. The van der Waals surface area contributed by atoms with Gasteiger partial charge >= 0.3 is 5.97 Å². The van der Waals surface area contributed by atoms with Crippen molar-refractivity contribution in [3.05, 3.63) is 53.1 Å². The first-order valence-electron chi connectivity index (χ1n) is 5.84. The van der Waals surface area contributed by atoms with Crippen LogP contribution in [0.3, 0.4) is 0 Å². The van der Waals surface area contributed by atoms with Crippen molar-refractivity contribution in [2.24, 2.45) is 0 Å². The van der Waals surface area contributed by atoms with Gasteiger partial charge < -0.3 is 9.47 Å². The third-order valence-corrected chi connectivity index (χ3v) is 3.97. The molecular weight excluding hydrogens is 296 g/mol. The summed E-state index contributed by atoms with van der Waals surface area (Å²) < 4.78 is 9.94. The Morgan fingerprint density at radius 1 is 1.10 bits per heavy atom. The standard InChI is InChI=1S/C15H13ClO3S/c1-18-11-5-8-14(13(9-11)15(17)19-2)20-12-6-3-10(16)4-7-12/h3-9H,1-2H3. The Morgan fingerprint density at radius 2 is 1.80 bits per heavy atom. The van der Waals surface area contributed by atoms with E-state index in [0.29, 0.717) is 16.3 Å². The Balaban J connectivity index is 2.35. The molecule has 0 bridgehead atoms. The quantitative estimate of drug-likeness (QED) is 0.790. The molecule has 2 aromatic carbocycles. The molecule has 104 valence electrons. The molecule has 0 aliphatic heterocycles. The molecule has 5 heteroatoms. The van der Waals surface area contributed by atoms with Gasteiger partial charge in [-0.25, -0.2) is 4.79 Å². The number of halogens is 1. The van der Waals surface area contributed by atoms with Crippen molar-refractivity contribution in [3.8, 4) is 5.75 Å². The smallest absolute Gasteiger partial charge is 0.339 e. The number of carbonyl (C=O) groups is 1. The Kier molecular flexibility index (Phi) is 4.93. The molecular formula is C15H13ClO3S. The SMILES string of the molecule is COC(=O)c1cc(OC)ccc1Sc1ccc(Cl)cc1. The van der Waals surface area contributed by atoms with Crippen LogP contribution in [-0.2, 0) is 4.74 Å². The van der Waals surface area contributed by atoms with Crippen molar-refractivity contribution >= 4 is 29.3 Å². The lowest BCUT2D eigenvalue weighted by atomic mass is 10.2. The number of carbonyl (C=O) groups excluding carboxylic acids is 1. The van der Waals surface area contributed by atoms with E-state index >= 15 is 0 Å². The zero-order valence-corrected chi connectivity index (χ0v) is 12.6. The van der Waals surface area contributed by atoms with Gasteiger partial charge in [0.05, 0.1) is 19.8 Å². The lowest BCUT2D eigenvalue weighted by Gasteiger charge is -2.09. The van der Waals surface area contributed by atoms with E-state index in [1.807, 2.05) is 36.4 Å². The van der Waals surface area contributed by atoms with Gasteiger partial charge in [-0.3, -0.25) is 0 Å². The first-order chi connectivity index (χ1) is 9.63. The highest BCUT2D eigenvalue weighted by molar-refractivity contribution is 7.99. The van der Waals surface area contributed by atoms with Crippen LogP contribution in [0.15, 0.2) is 52.3 Å². The number of hydrogen-bond acceptors (Lipinski definition) is 4. The van der Waals surface area contributed by atoms with Crippen molar-refractivity contribution < 1.29 is 14.3 Å². The van der Waals surface area contributed by atoms with E-state index in [-0.39, 0.29) is 5.97 Å². The Morgan fingerprint density at radius 3 is 2.40 bits per heavy atom. The monoisotopic (exact) mass is 308 g/mol. The van der Waals surface area contributed by atoms with E-state index in [9.17, 15) is 4.79 Å². The highest BCUT2D eigenvalue weighted by Gasteiger charge is 2.14. The second-order valence-electron chi connectivity index (χ2n) is 3.91. The van der Waals surface area contributed by atoms with Crippen molar-refractivity contribution in [1.82, 2.24) is 0 Å². The van der Waals surface area contributed by atoms with Gasteiger partial charge in [-0.1, -0.05) is 23.4 Å². The molecule has 0 N–H and O–H groups in total. The maximum absolute atomic E-state index is 11.8. The van der Waals surface area contributed by atoms with Gasteiger partial charge in [-0.05, 0) is 42.5 Å². The molecule has 0 atom stereocenters. The molecule has 0 aliphatic carbocycles. The zero-order valence-electron chi connectivity index (χ0n) is 11.1. The largest absolute Gasteiger partial charge is 0.497 e. The van der Waals surface area contributed by atoms with Crippen LogP contribution < -0.4 is 4.74 Å². The first-order valence-corrected chi connectivity index (χ1v) is 7.03. The molecule has 0 amide bonds. The van der Waals surface area contributed by atoms with E-state index in [1.165, 1.54) is 18.9 Å². The number of rotatable bonds is 4. The van der Waals surface area contributed by atoms with Gasteiger partial charge in [0.1, 0.15) is 5.75 Å². The highest BCUT2D eigenvalue weighted by Crippen LogP contribution is 2.33. The van der Waals surface area contributed by atoms with Crippen molar-refractivity contribution in [2.45, 2.75) is 9.79 Å². The molecule has 0 radical (unpaired) electrons. The maximum Gasteiger partial charge on any atom is 0.339 e. The van der Waals surface area contributed by atoms with Crippen LogP contribution >= 0.6 is 23.4 Å². The van der Waals surface area contributed by atoms with Crippen LogP contribution in [0.2, 0.25) is 5.02 Å². The molecule has 2 rings (SSSR count). The van der Waals surface area contributed by atoms with Crippen molar-refractivity contribution in [3.63, 3.8) is 0 Å². The van der Waals surface area contributed by atoms with Crippen LogP contribution in [0.4, 0.5) is 0 Å². The maximum atomic E-state index is 11.8. The molecule has 0 spiro atoms. The van der Waals surface area contributed by atoms with E-state index in [4.69, 9.17) is 21.1 Å². The van der Waals surface area contributed by atoms with Crippen molar-refractivity contribution in [2.75, 3.05) is 14.2 Å². The van der Waals surface area contributed by atoms with Gasteiger partial charge in [0, 0.05) is 14.8 Å². The molecule has 0 aromatic heterocycles. The predicted molar refractivity (Wildman–Crippen MR) is 79.9 cm³/mol. The number of benzene rings is 2. The molecule has 0 unspecified atom stereocenters. The summed E-state index contributed by atoms with van der Waals surface area (Å²) in [6.07, 6.45) is 0. The Bertz CT molecular complexity index is 611. The highest BCUT2D eigenvalue weighted by atomic mass is 35.5. The van der Waals surface area contributed by atoms with E-state index in [2.05, 4.69) is 0 Å². The second-order valence-corrected chi connectivity index (χ2v) is 5.46. The van der Waals surface area contributed by atoms with Gasteiger partial charge in [0.25, 0.3) is 0 Å². The summed E-state index contributed by atoms with van der Waals surface area (Å²) in [6.45, 7) is 0. The summed E-state index contributed by atoms with van der Waals surface area (Å²) in [7, 11) is 2.92. The third-order valence-electron chi connectivity index (χ3n) is 2.63. The molecule has 2 aromatic rings. The fraction of sp³-hybridized carbons (Fsp3) is 0.133. The number of esters is 1. The lowest BCUT2D eigenvalue weighted by molar-refractivity contribution is 0.0596. The summed E-state index contributed by atoms with van der Waals surface area (Å²) >= 11 is 7.33. The minimum atomic E-state index is -0.389. The minimum Gasteiger partial charge on any atom is -0.497 e.